The van der Waals surface area contributed by atoms with Crippen LogP contribution in [0.5, 0.6) is 0 Å². The molecule has 0 radical (unpaired) electrons. The average Bonchev–Trinajstić information content (AvgIpc) is 2.86. The number of rotatable bonds is 3. The summed E-state index contributed by atoms with van der Waals surface area (Å²) < 4.78 is 5.38. The average molecular weight is 227 g/mol. The van der Waals surface area contributed by atoms with Crippen molar-refractivity contribution < 1.29 is 9.84 Å². The fourth-order valence-electron chi connectivity index (χ4n) is 2.05. The van der Waals surface area contributed by atoms with Gasteiger partial charge in [-0.1, -0.05) is 0 Å². The number of hydrogen-bond acceptors (Lipinski definition) is 4. The summed E-state index contributed by atoms with van der Waals surface area (Å²) in [4.78, 5) is 1.03. The molecule has 0 spiro atoms. The van der Waals surface area contributed by atoms with E-state index in [0.29, 0.717) is 19.8 Å². The molecule has 0 aromatic carbocycles. The maximum Gasteiger partial charge on any atom is 0.0975 e. The van der Waals surface area contributed by atoms with E-state index >= 15 is 0 Å². The summed E-state index contributed by atoms with van der Waals surface area (Å²) in [7, 11) is 0. The lowest BCUT2D eigenvalue weighted by atomic mass is 9.80. The van der Waals surface area contributed by atoms with Crippen LogP contribution in [0.4, 0.5) is 0 Å². The first-order valence-electron chi connectivity index (χ1n) is 5.19. The van der Waals surface area contributed by atoms with Crippen LogP contribution in [0, 0.1) is 12.3 Å². The number of thiophene rings is 1. The van der Waals surface area contributed by atoms with Gasteiger partial charge in [0.25, 0.3) is 0 Å². The van der Waals surface area contributed by atoms with E-state index in [2.05, 4.69) is 0 Å². The lowest BCUT2D eigenvalue weighted by Crippen LogP contribution is -2.37. The molecule has 1 aromatic heterocycles. The van der Waals surface area contributed by atoms with Crippen LogP contribution < -0.4 is 5.73 Å². The van der Waals surface area contributed by atoms with E-state index in [1.165, 1.54) is 0 Å². The Kier molecular flexibility index (Phi) is 3.11. The Morgan fingerprint density at radius 3 is 3.00 bits per heavy atom. The molecule has 0 saturated carbocycles. The predicted octanol–water partition coefficient (Wildman–Crippen LogP) is 1.46. The van der Waals surface area contributed by atoms with E-state index in [1.807, 2.05) is 18.4 Å². The van der Waals surface area contributed by atoms with Crippen LogP contribution in [0.3, 0.4) is 0 Å². The highest BCUT2D eigenvalue weighted by Gasteiger charge is 2.42. The molecule has 1 aromatic rings. The lowest BCUT2D eigenvalue weighted by Gasteiger charge is -2.31. The van der Waals surface area contributed by atoms with E-state index in [4.69, 9.17) is 10.5 Å². The van der Waals surface area contributed by atoms with Crippen LogP contribution in [0.15, 0.2) is 11.4 Å². The molecule has 2 atom stereocenters. The largest absolute Gasteiger partial charge is 0.387 e. The van der Waals surface area contributed by atoms with Gasteiger partial charge in [-0.2, -0.15) is 0 Å². The molecule has 2 rings (SSSR count). The summed E-state index contributed by atoms with van der Waals surface area (Å²) in [6.45, 7) is 3.78. The Morgan fingerprint density at radius 1 is 1.73 bits per heavy atom. The van der Waals surface area contributed by atoms with Crippen molar-refractivity contribution in [3.8, 4) is 0 Å². The Bertz CT molecular complexity index is 331. The molecule has 2 heterocycles. The van der Waals surface area contributed by atoms with Gasteiger partial charge in [-0.15, -0.1) is 11.3 Å². The molecular weight excluding hydrogens is 210 g/mol. The Hall–Kier alpha value is -0.420. The van der Waals surface area contributed by atoms with Gasteiger partial charge < -0.3 is 15.6 Å². The van der Waals surface area contributed by atoms with Gasteiger partial charge in [0.05, 0.1) is 12.7 Å². The standard InChI is InChI=1S/C11H17NO2S/c1-8-2-5-15-9(8)10(13)11(6-12)3-4-14-7-11/h2,5,10,13H,3-4,6-7,12H2,1H3. The quantitative estimate of drug-likeness (QED) is 0.822. The topological polar surface area (TPSA) is 55.5 Å². The van der Waals surface area contributed by atoms with Crippen LogP contribution in [-0.4, -0.2) is 24.9 Å². The van der Waals surface area contributed by atoms with Gasteiger partial charge in [-0.3, -0.25) is 0 Å². The van der Waals surface area contributed by atoms with Gasteiger partial charge in [0.1, 0.15) is 0 Å². The molecule has 1 fully saturated rings. The zero-order chi connectivity index (χ0) is 10.9. The molecule has 1 aliphatic heterocycles. The third kappa shape index (κ3) is 1.83. The van der Waals surface area contributed by atoms with Crippen molar-refractivity contribution in [2.24, 2.45) is 11.1 Å². The van der Waals surface area contributed by atoms with Crippen molar-refractivity contribution >= 4 is 11.3 Å². The van der Waals surface area contributed by atoms with Crippen molar-refractivity contribution in [1.82, 2.24) is 0 Å². The summed E-state index contributed by atoms with van der Waals surface area (Å²) in [5, 5.41) is 12.4. The zero-order valence-electron chi connectivity index (χ0n) is 8.90. The fourth-order valence-corrected chi connectivity index (χ4v) is 3.11. The number of ether oxygens (including phenoxy) is 1. The summed E-state index contributed by atoms with van der Waals surface area (Å²) in [6, 6.07) is 2.03. The summed E-state index contributed by atoms with van der Waals surface area (Å²) in [6.07, 6.45) is 0.368. The highest BCUT2D eigenvalue weighted by molar-refractivity contribution is 7.10. The first-order valence-corrected chi connectivity index (χ1v) is 6.07. The van der Waals surface area contributed by atoms with E-state index in [-0.39, 0.29) is 5.41 Å². The minimum absolute atomic E-state index is 0.268. The number of aryl methyl sites for hydroxylation is 1. The molecule has 3 N–H and O–H groups in total. The first kappa shape index (κ1) is 11.1. The number of hydrogen-bond donors (Lipinski definition) is 2. The van der Waals surface area contributed by atoms with Gasteiger partial charge >= 0.3 is 0 Å². The molecule has 1 aliphatic rings. The second-order valence-electron chi connectivity index (χ2n) is 4.24. The minimum Gasteiger partial charge on any atom is -0.387 e. The minimum atomic E-state index is -0.481. The molecule has 1 saturated heterocycles. The maximum atomic E-state index is 10.4. The van der Waals surface area contributed by atoms with Gasteiger partial charge in [0, 0.05) is 23.4 Å². The predicted molar refractivity (Wildman–Crippen MR) is 60.9 cm³/mol. The Morgan fingerprint density at radius 2 is 2.53 bits per heavy atom. The molecular formula is C11H17NO2S. The molecule has 0 amide bonds. The number of aliphatic hydroxyl groups is 1. The van der Waals surface area contributed by atoms with Gasteiger partial charge in [0.2, 0.25) is 0 Å². The third-order valence-electron chi connectivity index (χ3n) is 3.27. The van der Waals surface area contributed by atoms with Gasteiger partial charge in [0.15, 0.2) is 0 Å². The first-order chi connectivity index (χ1) is 7.19. The van der Waals surface area contributed by atoms with E-state index in [0.717, 1.165) is 16.9 Å². The monoisotopic (exact) mass is 227 g/mol. The number of nitrogens with two attached hydrogens (primary N) is 1. The summed E-state index contributed by atoms with van der Waals surface area (Å²) in [5.74, 6) is 0. The van der Waals surface area contributed by atoms with Crippen LogP contribution in [0.25, 0.3) is 0 Å². The van der Waals surface area contributed by atoms with E-state index in [9.17, 15) is 5.11 Å². The van der Waals surface area contributed by atoms with Crippen LogP contribution >= 0.6 is 11.3 Å². The van der Waals surface area contributed by atoms with Crippen molar-refractivity contribution in [1.29, 1.82) is 0 Å². The smallest absolute Gasteiger partial charge is 0.0975 e. The zero-order valence-corrected chi connectivity index (χ0v) is 9.72. The van der Waals surface area contributed by atoms with Crippen LogP contribution in [0.1, 0.15) is 23.0 Å². The second kappa shape index (κ2) is 4.22. The molecule has 0 aliphatic carbocycles. The van der Waals surface area contributed by atoms with Gasteiger partial charge in [-0.25, -0.2) is 0 Å². The van der Waals surface area contributed by atoms with Crippen molar-refractivity contribution in [2.45, 2.75) is 19.4 Å². The molecule has 0 bridgehead atoms. The Balaban J connectivity index is 2.26. The second-order valence-corrected chi connectivity index (χ2v) is 5.19. The van der Waals surface area contributed by atoms with E-state index < -0.39 is 6.10 Å². The summed E-state index contributed by atoms with van der Waals surface area (Å²) in [5.41, 5.74) is 6.67. The number of aliphatic hydroxyl groups excluding tert-OH is 1. The SMILES string of the molecule is Cc1ccsc1C(O)C1(CN)CCOC1. The Labute approximate surface area is 93.9 Å². The highest BCUT2D eigenvalue weighted by atomic mass is 32.1. The molecule has 84 valence electrons. The molecule has 4 heteroatoms. The van der Waals surface area contributed by atoms with Gasteiger partial charge in [-0.05, 0) is 30.4 Å². The normalized spacial score (nSPS) is 28.2. The highest BCUT2D eigenvalue weighted by Crippen LogP contribution is 2.42. The van der Waals surface area contributed by atoms with Crippen molar-refractivity contribution in [3.63, 3.8) is 0 Å². The third-order valence-corrected chi connectivity index (χ3v) is 4.34. The van der Waals surface area contributed by atoms with Crippen LogP contribution in [0.2, 0.25) is 0 Å². The summed E-state index contributed by atoms with van der Waals surface area (Å²) >= 11 is 1.60. The molecule has 2 unspecified atom stereocenters. The maximum absolute atomic E-state index is 10.4. The molecule has 3 nitrogen and oxygen atoms in total. The van der Waals surface area contributed by atoms with Crippen LogP contribution in [-0.2, 0) is 4.74 Å². The molecule has 15 heavy (non-hydrogen) atoms. The lowest BCUT2D eigenvalue weighted by molar-refractivity contribution is 0.0211. The fraction of sp³-hybridized carbons (Fsp3) is 0.636. The van der Waals surface area contributed by atoms with E-state index in [1.54, 1.807) is 11.3 Å². The van der Waals surface area contributed by atoms with Crippen molar-refractivity contribution in [3.05, 3.63) is 21.9 Å². The van der Waals surface area contributed by atoms with Crippen molar-refractivity contribution in [2.75, 3.05) is 19.8 Å².